The molecule has 0 aromatic heterocycles. The molecule has 3 heteroatoms. The summed E-state index contributed by atoms with van der Waals surface area (Å²) in [5.41, 5.74) is 1.19. The highest BCUT2D eigenvalue weighted by atomic mass is 35.5. The van der Waals surface area contributed by atoms with E-state index >= 15 is 0 Å². The highest BCUT2D eigenvalue weighted by Gasteiger charge is 2.15. The predicted octanol–water partition coefficient (Wildman–Crippen LogP) is 4.23. The molecule has 86 valence electrons. The molecule has 0 saturated carbocycles. The molecule has 1 aromatic rings. The number of halogens is 3. The second-order valence-corrected chi connectivity index (χ2v) is 4.67. The lowest BCUT2D eigenvalue weighted by atomic mass is 9.93. The quantitative estimate of drug-likeness (QED) is 0.538. The zero-order valence-corrected chi connectivity index (χ0v) is 9.61. The summed E-state index contributed by atoms with van der Waals surface area (Å²) in [5.74, 6) is -0.949. The Morgan fingerprint density at radius 3 is 2.56 bits per heavy atom. The van der Waals surface area contributed by atoms with Gasteiger partial charge in [-0.05, 0) is 37.8 Å². The van der Waals surface area contributed by atoms with Gasteiger partial charge in [0.1, 0.15) is 11.6 Å². The van der Waals surface area contributed by atoms with E-state index in [2.05, 4.69) is 0 Å². The van der Waals surface area contributed by atoms with Gasteiger partial charge in [-0.3, -0.25) is 0 Å². The summed E-state index contributed by atoms with van der Waals surface area (Å²) in [4.78, 5) is 0. The minimum Gasteiger partial charge on any atom is -0.207 e. The van der Waals surface area contributed by atoms with E-state index in [0.29, 0.717) is 6.42 Å². The molecule has 1 unspecified atom stereocenters. The van der Waals surface area contributed by atoms with Crippen LogP contribution in [-0.2, 0) is 6.42 Å². The molecule has 0 amide bonds. The summed E-state index contributed by atoms with van der Waals surface area (Å²) in [6.45, 7) is 0. The average molecular weight is 243 g/mol. The second-order valence-electron chi connectivity index (χ2n) is 4.11. The van der Waals surface area contributed by atoms with E-state index in [1.165, 1.54) is 18.2 Å². The molecule has 0 fully saturated rings. The molecule has 1 atom stereocenters. The normalized spacial score (nSPS) is 20.7. The van der Waals surface area contributed by atoms with Gasteiger partial charge in [0.2, 0.25) is 0 Å². The Bertz CT molecular complexity index is 392. The molecule has 1 aliphatic carbocycles. The highest BCUT2D eigenvalue weighted by molar-refractivity contribution is 6.21. The number of benzene rings is 1. The minimum atomic E-state index is -0.474. The molecular weight excluding hydrogens is 230 g/mol. The first-order chi connectivity index (χ1) is 7.66. The van der Waals surface area contributed by atoms with Gasteiger partial charge in [0.15, 0.2) is 0 Å². The lowest BCUT2D eigenvalue weighted by Gasteiger charge is -2.17. The van der Waals surface area contributed by atoms with Crippen LogP contribution in [0.5, 0.6) is 0 Å². The summed E-state index contributed by atoms with van der Waals surface area (Å²) in [6.07, 6.45) is 5.09. The van der Waals surface area contributed by atoms with Crippen LogP contribution in [0.15, 0.2) is 29.8 Å². The number of alkyl halides is 1. The summed E-state index contributed by atoms with van der Waals surface area (Å²) in [7, 11) is 0. The molecule has 0 nitrogen and oxygen atoms in total. The Labute approximate surface area is 98.9 Å². The van der Waals surface area contributed by atoms with Crippen LogP contribution in [0.4, 0.5) is 8.78 Å². The van der Waals surface area contributed by atoms with Gasteiger partial charge in [0.25, 0.3) is 0 Å². The molecular formula is C13H13ClF2. The third-order valence-electron chi connectivity index (χ3n) is 2.86. The average Bonchev–Trinajstić information content (AvgIpc) is 2.24. The zero-order valence-electron chi connectivity index (χ0n) is 8.85. The van der Waals surface area contributed by atoms with E-state index in [1.807, 2.05) is 6.08 Å². The van der Waals surface area contributed by atoms with Crippen LogP contribution < -0.4 is 0 Å². The van der Waals surface area contributed by atoms with E-state index in [4.69, 9.17) is 11.6 Å². The fraction of sp³-hybridized carbons (Fsp3) is 0.385. The number of hydrogen-bond donors (Lipinski definition) is 0. The molecule has 1 aliphatic rings. The topological polar surface area (TPSA) is 0 Å². The fourth-order valence-electron chi connectivity index (χ4n) is 2.02. The predicted molar refractivity (Wildman–Crippen MR) is 61.6 cm³/mol. The molecule has 16 heavy (non-hydrogen) atoms. The van der Waals surface area contributed by atoms with Gasteiger partial charge in [-0.25, -0.2) is 8.78 Å². The molecule has 0 radical (unpaired) electrons. The van der Waals surface area contributed by atoms with Gasteiger partial charge in [-0.15, -0.1) is 11.6 Å². The van der Waals surface area contributed by atoms with Crippen molar-refractivity contribution < 1.29 is 8.78 Å². The largest absolute Gasteiger partial charge is 0.207 e. The van der Waals surface area contributed by atoms with Crippen molar-refractivity contribution in [2.45, 2.75) is 31.1 Å². The number of allylic oxidation sites excluding steroid dienone is 2. The second kappa shape index (κ2) is 4.96. The van der Waals surface area contributed by atoms with Crippen LogP contribution in [-0.4, -0.2) is 5.38 Å². The summed E-state index contributed by atoms with van der Waals surface area (Å²) < 4.78 is 26.8. The van der Waals surface area contributed by atoms with Crippen molar-refractivity contribution in [1.29, 1.82) is 0 Å². The van der Waals surface area contributed by atoms with E-state index < -0.39 is 11.6 Å². The first-order valence-electron chi connectivity index (χ1n) is 5.43. The van der Waals surface area contributed by atoms with Gasteiger partial charge in [-0.2, -0.15) is 0 Å². The summed E-state index contributed by atoms with van der Waals surface area (Å²) >= 11 is 5.99. The maximum absolute atomic E-state index is 13.4. The van der Waals surface area contributed by atoms with Gasteiger partial charge in [0, 0.05) is 5.56 Å². The van der Waals surface area contributed by atoms with Crippen molar-refractivity contribution in [3.8, 4) is 0 Å². The zero-order chi connectivity index (χ0) is 11.5. The summed E-state index contributed by atoms with van der Waals surface area (Å²) in [6, 6.07) is 3.97. The molecule has 0 heterocycles. The first-order valence-corrected chi connectivity index (χ1v) is 5.87. The number of hydrogen-bond acceptors (Lipinski definition) is 0. The Morgan fingerprint density at radius 1 is 1.25 bits per heavy atom. The molecule has 0 aliphatic heterocycles. The minimum absolute atomic E-state index is 0.0126. The molecule has 0 spiro atoms. The van der Waals surface area contributed by atoms with Gasteiger partial charge in [-0.1, -0.05) is 17.7 Å². The van der Waals surface area contributed by atoms with Crippen molar-refractivity contribution in [1.82, 2.24) is 0 Å². The van der Waals surface area contributed by atoms with E-state index in [0.717, 1.165) is 24.8 Å². The van der Waals surface area contributed by atoms with Crippen LogP contribution in [0.3, 0.4) is 0 Å². The Balaban J connectivity index is 2.20. The van der Waals surface area contributed by atoms with Gasteiger partial charge in [0.05, 0.1) is 5.38 Å². The molecule has 0 N–H and O–H groups in total. The van der Waals surface area contributed by atoms with E-state index in [-0.39, 0.29) is 10.9 Å². The molecule has 0 bridgehead atoms. The van der Waals surface area contributed by atoms with E-state index in [9.17, 15) is 8.78 Å². The van der Waals surface area contributed by atoms with Crippen molar-refractivity contribution in [3.63, 3.8) is 0 Å². The maximum Gasteiger partial charge on any atom is 0.129 e. The first kappa shape index (κ1) is 11.6. The van der Waals surface area contributed by atoms with Crippen LogP contribution in [0.25, 0.3) is 0 Å². The SMILES string of the molecule is Fc1cccc(F)c1CC1=CC(Cl)CCC1. The van der Waals surface area contributed by atoms with Gasteiger partial charge >= 0.3 is 0 Å². The maximum atomic E-state index is 13.4. The lowest BCUT2D eigenvalue weighted by molar-refractivity contribution is 0.556. The van der Waals surface area contributed by atoms with E-state index in [1.54, 1.807) is 0 Å². The van der Waals surface area contributed by atoms with Crippen LogP contribution in [0, 0.1) is 11.6 Å². The fourth-order valence-corrected chi connectivity index (χ4v) is 2.35. The third kappa shape index (κ3) is 2.62. The van der Waals surface area contributed by atoms with Gasteiger partial charge < -0.3 is 0 Å². The standard InChI is InChI=1S/C13H13ClF2/c14-10-4-1-3-9(7-10)8-11-12(15)5-2-6-13(11)16/h2,5-7,10H,1,3-4,8H2. The number of rotatable bonds is 2. The van der Waals surface area contributed by atoms with Crippen LogP contribution >= 0.6 is 11.6 Å². The smallest absolute Gasteiger partial charge is 0.129 e. The highest BCUT2D eigenvalue weighted by Crippen LogP contribution is 2.26. The summed E-state index contributed by atoms with van der Waals surface area (Å²) in [5, 5.41) is 0.0126. The van der Waals surface area contributed by atoms with Crippen LogP contribution in [0.2, 0.25) is 0 Å². The molecule has 0 saturated heterocycles. The van der Waals surface area contributed by atoms with Crippen molar-refractivity contribution in [2.24, 2.45) is 0 Å². The Hall–Kier alpha value is -0.890. The molecule has 2 rings (SSSR count). The molecule has 1 aromatic carbocycles. The lowest BCUT2D eigenvalue weighted by Crippen LogP contribution is -2.07. The third-order valence-corrected chi connectivity index (χ3v) is 3.20. The van der Waals surface area contributed by atoms with Crippen molar-refractivity contribution >= 4 is 11.6 Å². The van der Waals surface area contributed by atoms with Crippen molar-refractivity contribution in [2.75, 3.05) is 0 Å². The Kier molecular flexibility index (Phi) is 3.59. The Morgan fingerprint density at radius 2 is 1.94 bits per heavy atom. The van der Waals surface area contributed by atoms with Crippen LogP contribution in [0.1, 0.15) is 24.8 Å². The monoisotopic (exact) mass is 242 g/mol. The van der Waals surface area contributed by atoms with Crippen molar-refractivity contribution in [3.05, 3.63) is 47.0 Å².